The maximum absolute atomic E-state index is 12.8. The van der Waals surface area contributed by atoms with Gasteiger partial charge in [0, 0.05) is 19.1 Å². The highest BCUT2D eigenvalue weighted by Crippen LogP contribution is 2.32. The van der Waals surface area contributed by atoms with Crippen LogP contribution in [0.4, 0.5) is 0 Å². The van der Waals surface area contributed by atoms with Crippen LogP contribution in [0.15, 0.2) is 4.90 Å². The van der Waals surface area contributed by atoms with E-state index in [2.05, 4.69) is 10.4 Å². The summed E-state index contributed by atoms with van der Waals surface area (Å²) in [6.45, 7) is 9.85. The Balaban J connectivity index is 2.20. The summed E-state index contributed by atoms with van der Waals surface area (Å²) in [5.74, 6) is 0.444. The van der Waals surface area contributed by atoms with E-state index < -0.39 is 10.0 Å². The molecule has 1 atom stereocenters. The highest BCUT2D eigenvalue weighted by Gasteiger charge is 2.31. The molecule has 1 aromatic heterocycles. The van der Waals surface area contributed by atoms with Crippen LogP contribution in [0.1, 0.15) is 45.0 Å². The van der Waals surface area contributed by atoms with Crippen LogP contribution in [0, 0.1) is 19.8 Å². The number of nitrogens with zero attached hydrogens (tertiary/aromatic N) is 3. The first kappa shape index (κ1) is 18.9. The monoisotopic (exact) mass is 356 g/mol. The number of aromatic nitrogens is 2. The minimum atomic E-state index is -3.59. The topological polar surface area (TPSA) is 84.3 Å². The predicted molar refractivity (Wildman–Crippen MR) is 92.1 cm³/mol. The van der Waals surface area contributed by atoms with Crippen molar-refractivity contribution in [2.75, 3.05) is 13.1 Å². The second-order valence-corrected chi connectivity index (χ2v) is 8.32. The zero-order chi connectivity index (χ0) is 18.1. The highest BCUT2D eigenvalue weighted by molar-refractivity contribution is 7.89. The van der Waals surface area contributed by atoms with E-state index >= 15 is 0 Å². The van der Waals surface area contributed by atoms with Gasteiger partial charge in [0.05, 0.1) is 11.4 Å². The van der Waals surface area contributed by atoms with Gasteiger partial charge in [-0.1, -0.05) is 13.8 Å². The largest absolute Gasteiger partial charge is 0.352 e. The molecule has 0 radical (unpaired) electrons. The van der Waals surface area contributed by atoms with E-state index in [1.165, 1.54) is 8.99 Å². The Hall–Kier alpha value is -1.41. The van der Waals surface area contributed by atoms with Crippen molar-refractivity contribution in [2.45, 2.75) is 64.9 Å². The maximum atomic E-state index is 12.8. The molecular weight excluding hydrogens is 328 g/mol. The lowest BCUT2D eigenvalue weighted by Gasteiger charge is -2.18. The molecule has 1 fully saturated rings. The number of sulfonamides is 1. The van der Waals surface area contributed by atoms with E-state index in [4.69, 9.17) is 0 Å². The summed E-state index contributed by atoms with van der Waals surface area (Å²) >= 11 is 0. The highest BCUT2D eigenvalue weighted by atomic mass is 32.2. The molecule has 1 N–H and O–H groups in total. The van der Waals surface area contributed by atoms with Crippen molar-refractivity contribution >= 4 is 15.9 Å². The zero-order valence-corrected chi connectivity index (χ0v) is 16.0. The molecule has 1 aliphatic carbocycles. The Morgan fingerprint density at radius 2 is 1.92 bits per heavy atom. The first-order valence-electron chi connectivity index (χ1n) is 8.55. The molecule has 1 aromatic rings. The number of nitrogens with one attached hydrogen (secondary N) is 1. The molecule has 1 heterocycles. The number of hydrogen-bond donors (Lipinski definition) is 1. The average Bonchev–Trinajstić information content (AvgIpc) is 3.27. The van der Waals surface area contributed by atoms with E-state index in [0.717, 1.165) is 12.8 Å². The molecule has 1 saturated carbocycles. The summed E-state index contributed by atoms with van der Waals surface area (Å²) in [6.07, 6.45) is 2.32. The van der Waals surface area contributed by atoms with Crippen LogP contribution in [0.25, 0.3) is 0 Å². The molecule has 8 heteroatoms. The summed E-state index contributed by atoms with van der Waals surface area (Å²) in [6, 6.07) is 0.161. The summed E-state index contributed by atoms with van der Waals surface area (Å²) in [5.41, 5.74) is 0.941. The number of amides is 1. The van der Waals surface area contributed by atoms with Gasteiger partial charge in [0.15, 0.2) is 0 Å². The molecular formula is C16H28N4O3S. The van der Waals surface area contributed by atoms with Crippen molar-refractivity contribution in [2.24, 2.45) is 5.92 Å². The van der Waals surface area contributed by atoms with Gasteiger partial charge in [-0.2, -0.15) is 9.40 Å². The van der Waals surface area contributed by atoms with Gasteiger partial charge in [-0.3, -0.25) is 9.48 Å². The van der Waals surface area contributed by atoms with Gasteiger partial charge in [0.2, 0.25) is 15.9 Å². The summed E-state index contributed by atoms with van der Waals surface area (Å²) in [4.78, 5) is 12.4. The van der Waals surface area contributed by atoms with Gasteiger partial charge < -0.3 is 5.32 Å². The predicted octanol–water partition coefficient (Wildman–Crippen LogP) is 1.45. The smallest absolute Gasteiger partial charge is 0.246 e. The number of hydrogen-bond acceptors (Lipinski definition) is 4. The maximum Gasteiger partial charge on any atom is 0.246 e. The lowest BCUT2D eigenvalue weighted by Crippen LogP contribution is -2.36. The van der Waals surface area contributed by atoms with E-state index in [1.54, 1.807) is 13.8 Å². The normalized spacial score (nSPS) is 16.4. The quantitative estimate of drug-likeness (QED) is 0.764. The number of carbonyl (C=O) groups is 1. The second kappa shape index (κ2) is 7.23. The Bertz CT molecular complexity index is 703. The van der Waals surface area contributed by atoms with Gasteiger partial charge in [0.25, 0.3) is 0 Å². The zero-order valence-electron chi connectivity index (χ0n) is 15.2. The minimum Gasteiger partial charge on any atom is -0.352 e. The molecule has 136 valence electrons. The fourth-order valence-electron chi connectivity index (χ4n) is 3.05. The Kier molecular flexibility index (Phi) is 5.70. The molecule has 0 spiro atoms. The number of aryl methyl sites for hydroxylation is 1. The van der Waals surface area contributed by atoms with Crippen molar-refractivity contribution in [3.05, 3.63) is 11.4 Å². The van der Waals surface area contributed by atoms with Crippen LogP contribution in [0.5, 0.6) is 0 Å². The van der Waals surface area contributed by atoms with Crippen LogP contribution >= 0.6 is 0 Å². The molecule has 1 aliphatic rings. The Labute approximate surface area is 144 Å². The number of carbonyl (C=O) groups excluding carboxylic acids is 1. The fourth-order valence-corrected chi connectivity index (χ4v) is 4.88. The van der Waals surface area contributed by atoms with Crippen molar-refractivity contribution in [1.82, 2.24) is 19.4 Å². The summed E-state index contributed by atoms with van der Waals surface area (Å²) in [7, 11) is -3.59. The molecule has 0 bridgehead atoms. The average molecular weight is 356 g/mol. The molecule has 0 aromatic carbocycles. The van der Waals surface area contributed by atoms with Gasteiger partial charge >= 0.3 is 0 Å². The van der Waals surface area contributed by atoms with Gasteiger partial charge in [-0.15, -0.1) is 0 Å². The SMILES string of the molecule is CCN(CC)S(=O)(=O)c1c(C)nn(CC(=O)NC(C)C2CC2)c1C. The van der Waals surface area contributed by atoms with Crippen molar-refractivity contribution in [3.8, 4) is 0 Å². The third-order valence-corrected chi connectivity index (χ3v) is 6.93. The van der Waals surface area contributed by atoms with E-state index in [9.17, 15) is 13.2 Å². The Morgan fingerprint density at radius 3 is 2.42 bits per heavy atom. The molecule has 24 heavy (non-hydrogen) atoms. The van der Waals surface area contributed by atoms with Crippen molar-refractivity contribution in [3.63, 3.8) is 0 Å². The van der Waals surface area contributed by atoms with E-state index in [1.807, 2.05) is 20.8 Å². The van der Waals surface area contributed by atoms with E-state index in [-0.39, 0.29) is 23.4 Å². The number of rotatable bonds is 8. The first-order valence-corrected chi connectivity index (χ1v) is 9.99. The molecule has 7 nitrogen and oxygen atoms in total. The van der Waals surface area contributed by atoms with E-state index in [0.29, 0.717) is 30.4 Å². The van der Waals surface area contributed by atoms with Gasteiger partial charge in [-0.05, 0) is 39.5 Å². The fraction of sp³-hybridized carbons (Fsp3) is 0.750. The molecule has 1 amide bonds. The lowest BCUT2D eigenvalue weighted by molar-refractivity contribution is -0.122. The van der Waals surface area contributed by atoms with Crippen molar-refractivity contribution < 1.29 is 13.2 Å². The Morgan fingerprint density at radius 1 is 1.33 bits per heavy atom. The standard InChI is InChI=1S/C16H28N4O3S/c1-6-19(7-2)24(22,23)16-12(4)18-20(13(16)5)10-15(21)17-11(3)14-8-9-14/h11,14H,6-10H2,1-5H3,(H,17,21). The molecule has 0 saturated heterocycles. The van der Waals surface area contributed by atoms with Gasteiger partial charge in [-0.25, -0.2) is 8.42 Å². The molecule has 0 aliphatic heterocycles. The van der Waals surface area contributed by atoms with Crippen molar-refractivity contribution in [1.29, 1.82) is 0 Å². The third kappa shape index (κ3) is 3.80. The molecule has 2 rings (SSSR count). The third-order valence-electron chi connectivity index (χ3n) is 4.63. The first-order chi connectivity index (χ1) is 11.2. The van der Waals surface area contributed by atoms with Crippen LogP contribution in [-0.2, 0) is 21.4 Å². The van der Waals surface area contributed by atoms with Crippen LogP contribution in [0.2, 0.25) is 0 Å². The second-order valence-electron chi connectivity index (χ2n) is 6.44. The van der Waals surface area contributed by atoms with Crippen LogP contribution in [-0.4, -0.2) is 47.5 Å². The van der Waals surface area contributed by atoms with Crippen LogP contribution < -0.4 is 5.32 Å². The molecule has 1 unspecified atom stereocenters. The van der Waals surface area contributed by atoms with Gasteiger partial charge in [0.1, 0.15) is 11.4 Å². The lowest BCUT2D eigenvalue weighted by atomic mass is 10.2. The van der Waals surface area contributed by atoms with Crippen LogP contribution in [0.3, 0.4) is 0 Å². The minimum absolute atomic E-state index is 0.0392. The summed E-state index contributed by atoms with van der Waals surface area (Å²) < 4.78 is 28.5. The summed E-state index contributed by atoms with van der Waals surface area (Å²) in [5, 5.41) is 7.26.